The van der Waals surface area contributed by atoms with Gasteiger partial charge < -0.3 is 20.1 Å². The van der Waals surface area contributed by atoms with Crippen molar-refractivity contribution in [2.45, 2.75) is 19.4 Å². The number of primary amides is 1. The summed E-state index contributed by atoms with van der Waals surface area (Å²) in [5, 5.41) is 1.13. The van der Waals surface area contributed by atoms with Gasteiger partial charge in [-0.15, -0.1) is 0 Å². The molecule has 0 unspecified atom stereocenters. The molecule has 0 atom stereocenters. The maximum Gasteiger partial charge on any atom is 0.220 e. The van der Waals surface area contributed by atoms with Crippen LogP contribution in [-0.2, 0) is 11.4 Å². The zero-order valence-electron chi connectivity index (χ0n) is 16.0. The summed E-state index contributed by atoms with van der Waals surface area (Å²) in [5.74, 6) is 0.873. The Kier molecular flexibility index (Phi) is 7.22. The Labute approximate surface area is 185 Å². The lowest BCUT2D eigenvalue weighted by Gasteiger charge is -2.32. The van der Waals surface area contributed by atoms with Crippen molar-refractivity contribution in [3.8, 4) is 11.5 Å². The molecule has 1 aliphatic heterocycles. The zero-order chi connectivity index (χ0) is 21.0. The molecule has 1 aliphatic rings. The van der Waals surface area contributed by atoms with E-state index >= 15 is 0 Å². The number of hydrogen-bond donors (Lipinski definition) is 1. The monoisotopic (exact) mass is 452 g/mol. The molecule has 29 heavy (non-hydrogen) atoms. The van der Waals surface area contributed by atoms with E-state index < -0.39 is 0 Å². The lowest BCUT2D eigenvalue weighted by molar-refractivity contribution is -0.122. The zero-order valence-corrected chi connectivity index (χ0v) is 18.3. The molecular weight excluding hydrogens is 431 g/mol. The number of carbonyl (C=O) groups is 1. The number of thiocarbonyl (C=S) groups is 1. The maximum atomic E-state index is 11.3. The first-order valence-electron chi connectivity index (χ1n) is 9.22. The molecule has 2 aromatic rings. The van der Waals surface area contributed by atoms with Crippen LogP contribution < -0.4 is 15.2 Å². The first-order chi connectivity index (χ1) is 13.9. The third kappa shape index (κ3) is 5.32. The number of amides is 1. The Hall–Kier alpha value is -2.02. The van der Waals surface area contributed by atoms with Crippen LogP contribution in [0.25, 0.3) is 0 Å². The summed E-state index contributed by atoms with van der Waals surface area (Å²) in [4.78, 5) is 14.2. The second-order valence-electron chi connectivity index (χ2n) is 6.86. The Balaban J connectivity index is 1.68. The minimum absolute atomic E-state index is 0.0703. The minimum atomic E-state index is -0.237. The van der Waals surface area contributed by atoms with Gasteiger partial charge in [-0.3, -0.25) is 4.79 Å². The van der Waals surface area contributed by atoms with E-state index in [4.69, 9.17) is 50.6 Å². The number of benzene rings is 2. The van der Waals surface area contributed by atoms with E-state index in [0.717, 1.165) is 29.0 Å². The fourth-order valence-corrected chi connectivity index (χ4v) is 4.04. The molecule has 8 heteroatoms. The number of rotatable bonds is 6. The van der Waals surface area contributed by atoms with Gasteiger partial charge in [-0.1, -0.05) is 41.5 Å². The molecule has 1 fully saturated rings. The van der Waals surface area contributed by atoms with Crippen molar-refractivity contribution in [2.24, 2.45) is 11.7 Å². The second-order valence-corrected chi connectivity index (χ2v) is 8.09. The van der Waals surface area contributed by atoms with Crippen molar-refractivity contribution in [2.75, 3.05) is 20.2 Å². The molecule has 5 nitrogen and oxygen atoms in total. The quantitative estimate of drug-likeness (QED) is 0.655. The lowest BCUT2D eigenvalue weighted by atomic mass is 9.96. The van der Waals surface area contributed by atoms with Gasteiger partial charge in [0.05, 0.1) is 7.11 Å². The smallest absolute Gasteiger partial charge is 0.220 e. The minimum Gasteiger partial charge on any atom is -0.493 e. The second kappa shape index (κ2) is 9.65. The average molecular weight is 453 g/mol. The number of ether oxygens (including phenoxy) is 2. The highest BCUT2D eigenvalue weighted by atomic mass is 35.5. The fraction of sp³-hybridized carbons (Fsp3) is 0.333. The first kappa shape index (κ1) is 21.7. The van der Waals surface area contributed by atoms with Crippen molar-refractivity contribution < 1.29 is 14.3 Å². The molecule has 3 rings (SSSR count). The van der Waals surface area contributed by atoms with Gasteiger partial charge in [0.25, 0.3) is 0 Å². The van der Waals surface area contributed by atoms with Gasteiger partial charge in [-0.05, 0) is 43.2 Å². The first-order valence-corrected chi connectivity index (χ1v) is 10.4. The van der Waals surface area contributed by atoms with Crippen LogP contribution in [0.15, 0.2) is 36.4 Å². The van der Waals surface area contributed by atoms with E-state index in [1.165, 1.54) is 0 Å². The molecule has 2 aromatic carbocycles. The number of methoxy groups -OCH3 is 1. The number of carbonyl (C=O) groups excluding carboxylic acids is 1. The van der Waals surface area contributed by atoms with E-state index in [1.807, 2.05) is 24.3 Å². The number of piperidine rings is 1. The molecule has 0 aliphatic carbocycles. The molecule has 0 aromatic heterocycles. The van der Waals surface area contributed by atoms with Gasteiger partial charge >= 0.3 is 0 Å². The largest absolute Gasteiger partial charge is 0.493 e. The van der Waals surface area contributed by atoms with Gasteiger partial charge in [-0.25, -0.2) is 0 Å². The number of nitrogens with two attached hydrogens (primary N) is 1. The molecule has 0 bridgehead atoms. The molecule has 1 amide bonds. The van der Waals surface area contributed by atoms with Crippen LogP contribution in [0.1, 0.15) is 24.0 Å². The summed E-state index contributed by atoms with van der Waals surface area (Å²) in [6.07, 6.45) is 1.44. The van der Waals surface area contributed by atoms with E-state index in [2.05, 4.69) is 4.90 Å². The summed E-state index contributed by atoms with van der Waals surface area (Å²) >= 11 is 17.8. The Morgan fingerprint density at radius 1 is 1.17 bits per heavy atom. The highest BCUT2D eigenvalue weighted by Gasteiger charge is 2.25. The van der Waals surface area contributed by atoms with Crippen LogP contribution in [0, 0.1) is 5.92 Å². The fourth-order valence-electron chi connectivity index (χ4n) is 3.26. The molecule has 1 saturated heterocycles. The standard InChI is InChI=1S/C21H22Cl2N2O3S/c1-27-19-10-14(21(29)25-8-6-13(7-9-25)20(24)26)3-5-18(19)28-12-15-2-4-16(22)11-17(15)23/h2-5,10-11,13H,6-9,12H2,1H3,(H2,24,26). The van der Waals surface area contributed by atoms with Crippen LogP contribution in [0.4, 0.5) is 0 Å². The molecule has 0 spiro atoms. The predicted molar refractivity (Wildman–Crippen MR) is 119 cm³/mol. The Morgan fingerprint density at radius 3 is 2.52 bits per heavy atom. The van der Waals surface area contributed by atoms with Crippen molar-refractivity contribution in [3.63, 3.8) is 0 Å². The number of nitrogens with zero attached hydrogens (tertiary/aromatic N) is 1. The topological polar surface area (TPSA) is 64.8 Å². The summed E-state index contributed by atoms with van der Waals surface area (Å²) in [6.45, 7) is 1.71. The van der Waals surface area contributed by atoms with Crippen LogP contribution in [0.5, 0.6) is 11.5 Å². The van der Waals surface area contributed by atoms with Crippen molar-refractivity contribution in [1.82, 2.24) is 4.90 Å². The summed E-state index contributed by atoms with van der Waals surface area (Å²) < 4.78 is 11.4. The molecule has 1 heterocycles. The van der Waals surface area contributed by atoms with Gasteiger partial charge in [-0.2, -0.15) is 0 Å². The molecular formula is C21H22Cl2N2O3S. The average Bonchev–Trinajstić information content (AvgIpc) is 2.72. The van der Waals surface area contributed by atoms with E-state index in [1.54, 1.807) is 19.2 Å². The molecule has 2 N–H and O–H groups in total. The Bertz CT molecular complexity index is 915. The number of halogens is 2. The van der Waals surface area contributed by atoms with Crippen LogP contribution >= 0.6 is 35.4 Å². The third-order valence-corrected chi connectivity index (χ3v) is 6.07. The van der Waals surface area contributed by atoms with Gasteiger partial charge in [0.15, 0.2) is 11.5 Å². The molecule has 0 radical (unpaired) electrons. The Morgan fingerprint density at radius 2 is 1.90 bits per heavy atom. The van der Waals surface area contributed by atoms with Crippen molar-refractivity contribution in [3.05, 3.63) is 57.6 Å². The normalized spacial score (nSPS) is 14.5. The summed E-state index contributed by atoms with van der Waals surface area (Å²) in [7, 11) is 1.59. The van der Waals surface area contributed by atoms with Crippen LogP contribution in [-0.4, -0.2) is 36.0 Å². The highest BCUT2D eigenvalue weighted by molar-refractivity contribution is 7.80. The van der Waals surface area contributed by atoms with Gasteiger partial charge in [0, 0.05) is 40.2 Å². The van der Waals surface area contributed by atoms with E-state index in [9.17, 15) is 4.79 Å². The van der Waals surface area contributed by atoms with Crippen LogP contribution in [0.2, 0.25) is 10.0 Å². The van der Waals surface area contributed by atoms with Crippen LogP contribution in [0.3, 0.4) is 0 Å². The van der Waals surface area contributed by atoms with E-state index in [-0.39, 0.29) is 18.4 Å². The molecule has 154 valence electrons. The highest BCUT2D eigenvalue weighted by Crippen LogP contribution is 2.31. The van der Waals surface area contributed by atoms with Gasteiger partial charge in [0.2, 0.25) is 5.91 Å². The van der Waals surface area contributed by atoms with Crippen molar-refractivity contribution in [1.29, 1.82) is 0 Å². The molecule has 0 saturated carbocycles. The lowest BCUT2D eigenvalue weighted by Crippen LogP contribution is -2.41. The van der Waals surface area contributed by atoms with E-state index in [0.29, 0.717) is 34.6 Å². The third-order valence-electron chi connectivity index (χ3n) is 4.99. The van der Waals surface area contributed by atoms with Crippen molar-refractivity contribution >= 4 is 46.3 Å². The summed E-state index contributed by atoms with van der Waals surface area (Å²) in [5.41, 5.74) is 7.10. The SMILES string of the molecule is COc1cc(C(=S)N2CCC(C(N)=O)CC2)ccc1OCc1ccc(Cl)cc1Cl. The number of likely N-dealkylation sites (tertiary alicyclic amines) is 1. The number of hydrogen-bond acceptors (Lipinski definition) is 4. The van der Waals surface area contributed by atoms with Gasteiger partial charge in [0.1, 0.15) is 11.6 Å². The maximum absolute atomic E-state index is 11.3. The predicted octanol–water partition coefficient (Wildman–Crippen LogP) is 4.45. The summed E-state index contributed by atoms with van der Waals surface area (Å²) in [6, 6.07) is 10.9.